The first-order valence-electron chi connectivity index (χ1n) is 7.68. The zero-order valence-electron chi connectivity index (χ0n) is 13.2. The number of carbonyl (C=O) groups excluding carboxylic acids is 2. The van der Waals surface area contributed by atoms with E-state index in [1.165, 1.54) is 23.3 Å². The molecule has 0 saturated carbocycles. The summed E-state index contributed by atoms with van der Waals surface area (Å²) >= 11 is 2.98. The molecule has 4 nitrogen and oxygen atoms in total. The zero-order chi connectivity index (χ0) is 16.4. The molecule has 23 heavy (non-hydrogen) atoms. The average Bonchev–Trinajstić information content (AvgIpc) is 3.20. The fourth-order valence-electron chi connectivity index (χ4n) is 2.75. The second kappa shape index (κ2) is 6.95. The molecule has 2 aromatic rings. The Labute approximate surface area is 143 Å². The van der Waals surface area contributed by atoms with Crippen molar-refractivity contribution in [1.82, 2.24) is 0 Å². The molecular weight excluding hydrogens is 330 g/mol. The van der Waals surface area contributed by atoms with E-state index < -0.39 is 6.10 Å². The Kier molecular flexibility index (Phi) is 4.94. The van der Waals surface area contributed by atoms with Gasteiger partial charge < -0.3 is 10.1 Å². The maximum atomic E-state index is 12.9. The van der Waals surface area contributed by atoms with Crippen LogP contribution in [0.2, 0.25) is 0 Å². The lowest BCUT2D eigenvalue weighted by Gasteiger charge is -2.13. The number of aryl methyl sites for hydroxylation is 1. The van der Waals surface area contributed by atoms with Gasteiger partial charge in [-0.15, -0.1) is 22.7 Å². The van der Waals surface area contributed by atoms with Crippen molar-refractivity contribution in [3.8, 4) is 0 Å². The first-order chi connectivity index (χ1) is 11.1. The number of methoxy groups -OCH3 is 1. The number of carbonyl (C=O) groups is 2. The summed E-state index contributed by atoms with van der Waals surface area (Å²) in [5, 5.41) is 5.47. The molecule has 1 aliphatic rings. The van der Waals surface area contributed by atoms with Gasteiger partial charge in [-0.2, -0.15) is 0 Å². The van der Waals surface area contributed by atoms with Crippen LogP contribution in [0.15, 0.2) is 17.5 Å². The molecular formula is C17H19NO3S2. The van der Waals surface area contributed by atoms with Crippen molar-refractivity contribution < 1.29 is 14.3 Å². The number of amides is 1. The standard InChI is InChI=1S/C17H19NO3S2/c1-10(21-2)16(20)18-17-14(15(19)13-8-5-9-22-13)11-6-3-4-7-12(11)23-17/h5,8-10H,3-4,6-7H2,1-2H3,(H,18,20)/t10-/m1/s1. The molecule has 1 amide bonds. The van der Waals surface area contributed by atoms with Crippen LogP contribution in [0.1, 0.15) is 45.4 Å². The minimum Gasteiger partial charge on any atom is -0.372 e. The third kappa shape index (κ3) is 3.24. The van der Waals surface area contributed by atoms with E-state index in [-0.39, 0.29) is 11.7 Å². The van der Waals surface area contributed by atoms with E-state index in [2.05, 4.69) is 5.32 Å². The lowest BCUT2D eigenvalue weighted by molar-refractivity contribution is -0.124. The lowest BCUT2D eigenvalue weighted by Crippen LogP contribution is -2.26. The van der Waals surface area contributed by atoms with E-state index >= 15 is 0 Å². The summed E-state index contributed by atoms with van der Waals surface area (Å²) in [6.07, 6.45) is 3.59. The van der Waals surface area contributed by atoms with Crippen LogP contribution >= 0.6 is 22.7 Å². The highest BCUT2D eigenvalue weighted by atomic mass is 32.1. The highest BCUT2D eigenvalue weighted by molar-refractivity contribution is 7.17. The van der Waals surface area contributed by atoms with Gasteiger partial charge >= 0.3 is 0 Å². The van der Waals surface area contributed by atoms with Crippen LogP contribution in [-0.4, -0.2) is 24.9 Å². The van der Waals surface area contributed by atoms with Crippen LogP contribution in [0, 0.1) is 0 Å². The molecule has 0 aliphatic heterocycles. The Morgan fingerprint density at radius 3 is 2.78 bits per heavy atom. The number of fused-ring (bicyclic) bond motifs is 1. The molecule has 0 fully saturated rings. The molecule has 0 radical (unpaired) electrons. The van der Waals surface area contributed by atoms with Crippen molar-refractivity contribution in [1.29, 1.82) is 0 Å². The smallest absolute Gasteiger partial charge is 0.253 e. The van der Waals surface area contributed by atoms with Crippen LogP contribution in [0.3, 0.4) is 0 Å². The number of thiophene rings is 2. The van der Waals surface area contributed by atoms with Crippen molar-refractivity contribution in [3.63, 3.8) is 0 Å². The SMILES string of the molecule is CO[C@H](C)C(=O)Nc1sc2c(c1C(=O)c1cccs1)CCCC2. The molecule has 2 aromatic heterocycles. The van der Waals surface area contributed by atoms with Crippen molar-refractivity contribution in [3.05, 3.63) is 38.4 Å². The van der Waals surface area contributed by atoms with E-state index in [1.807, 2.05) is 17.5 Å². The quantitative estimate of drug-likeness (QED) is 0.833. The Balaban J connectivity index is 2.00. The van der Waals surface area contributed by atoms with Gasteiger partial charge in [0.2, 0.25) is 5.78 Å². The van der Waals surface area contributed by atoms with E-state index in [0.29, 0.717) is 15.4 Å². The van der Waals surface area contributed by atoms with Gasteiger partial charge in [-0.3, -0.25) is 9.59 Å². The normalized spacial score (nSPS) is 15.0. The molecule has 0 aromatic carbocycles. The number of hydrogen-bond acceptors (Lipinski definition) is 5. The number of ketones is 1. The van der Waals surface area contributed by atoms with E-state index in [1.54, 1.807) is 18.3 Å². The van der Waals surface area contributed by atoms with Crippen molar-refractivity contribution >= 4 is 39.4 Å². The highest BCUT2D eigenvalue weighted by Gasteiger charge is 2.28. The van der Waals surface area contributed by atoms with Gasteiger partial charge in [0.1, 0.15) is 11.1 Å². The van der Waals surface area contributed by atoms with Gasteiger partial charge in [0, 0.05) is 12.0 Å². The summed E-state index contributed by atoms with van der Waals surface area (Å²) < 4.78 is 5.07. The average molecular weight is 349 g/mol. The maximum absolute atomic E-state index is 12.9. The van der Waals surface area contributed by atoms with E-state index in [9.17, 15) is 9.59 Å². The minimum atomic E-state index is -0.543. The van der Waals surface area contributed by atoms with Crippen LogP contribution < -0.4 is 5.32 Å². The number of rotatable bonds is 5. The monoisotopic (exact) mass is 349 g/mol. The summed E-state index contributed by atoms with van der Waals surface area (Å²) in [5.41, 5.74) is 1.81. The molecule has 0 bridgehead atoms. The number of nitrogens with one attached hydrogen (secondary N) is 1. The third-order valence-corrected chi connectivity index (χ3v) is 6.18. The summed E-state index contributed by atoms with van der Waals surface area (Å²) in [6.45, 7) is 1.70. The van der Waals surface area contributed by atoms with Crippen LogP contribution in [0.5, 0.6) is 0 Å². The molecule has 6 heteroatoms. The Morgan fingerprint density at radius 1 is 1.30 bits per heavy atom. The largest absolute Gasteiger partial charge is 0.372 e. The molecule has 2 heterocycles. The predicted molar refractivity (Wildman–Crippen MR) is 93.8 cm³/mol. The lowest BCUT2D eigenvalue weighted by atomic mass is 9.93. The predicted octanol–water partition coefficient (Wildman–Crippen LogP) is 3.89. The summed E-state index contributed by atoms with van der Waals surface area (Å²) in [7, 11) is 1.50. The van der Waals surface area contributed by atoms with Crippen molar-refractivity contribution in [2.24, 2.45) is 0 Å². The van der Waals surface area contributed by atoms with Gasteiger partial charge in [0.05, 0.1) is 10.4 Å². The maximum Gasteiger partial charge on any atom is 0.253 e. The van der Waals surface area contributed by atoms with Crippen LogP contribution in [0.25, 0.3) is 0 Å². The molecule has 1 aliphatic carbocycles. The summed E-state index contributed by atoms with van der Waals surface area (Å²) in [5.74, 6) is -0.203. The first-order valence-corrected chi connectivity index (χ1v) is 9.37. The molecule has 0 spiro atoms. The van der Waals surface area contributed by atoms with E-state index in [0.717, 1.165) is 31.2 Å². The topological polar surface area (TPSA) is 55.4 Å². The van der Waals surface area contributed by atoms with Crippen LogP contribution in [0.4, 0.5) is 5.00 Å². The third-order valence-electron chi connectivity index (χ3n) is 4.10. The fourth-order valence-corrected chi connectivity index (χ4v) is 4.71. The summed E-state index contributed by atoms with van der Waals surface area (Å²) in [6, 6.07) is 3.71. The number of anilines is 1. The summed E-state index contributed by atoms with van der Waals surface area (Å²) in [4.78, 5) is 27.0. The van der Waals surface area contributed by atoms with Crippen LogP contribution in [-0.2, 0) is 22.4 Å². The second-order valence-electron chi connectivity index (χ2n) is 5.59. The van der Waals surface area contributed by atoms with Gasteiger partial charge in [0.25, 0.3) is 5.91 Å². The molecule has 0 saturated heterocycles. The number of hydrogen-bond donors (Lipinski definition) is 1. The molecule has 122 valence electrons. The minimum absolute atomic E-state index is 0.0137. The Morgan fingerprint density at radius 2 is 2.09 bits per heavy atom. The Hall–Kier alpha value is -1.50. The van der Waals surface area contributed by atoms with Gasteiger partial charge in [-0.25, -0.2) is 0 Å². The molecule has 3 rings (SSSR count). The van der Waals surface area contributed by atoms with Gasteiger partial charge in [0.15, 0.2) is 0 Å². The van der Waals surface area contributed by atoms with Gasteiger partial charge in [-0.1, -0.05) is 6.07 Å². The molecule has 0 unspecified atom stereocenters. The number of ether oxygens (including phenoxy) is 1. The highest BCUT2D eigenvalue weighted by Crippen LogP contribution is 2.39. The van der Waals surface area contributed by atoms with E-state index in [4.69, 9.17) is 4.74 Å². The Bertz CT molecular complexity index is 719. The fraction of sp³-hybridized carbons (Fsp3) is 0.412. The molecule has 1 atom stereocenters. The second-order valence-corrected chi connectivity index (χ2v) is 7.64. The van der Waals surface area contributed by atoms with Crippen molar-refractivity contribution in [2.75, 3.05) is 12.4 Å². The zero-order valence-corrected chi connectivity index (χ0v) is 14.8. The van der Waals surface area contributed by atoms with Gasteiger partial charge in [-0.05, 0) is 49.6 Å². The molecule has 1 N–H and O–H groups in total. The first kappa shape index (κ1) is 16.4. The van der Waals surface area contributed by atoms with Crippen molar-refractivity contribution in [2.45, 2.75) is 38.7 Å².